The predicted molar refractivity (Wildman–Crippen MR) is 111 cm³/mol. The van der Waals surface area contributed by atoms with Crippen LogP contribution in [0.2, 0.25) is 0 Å². The van der Waals surface area contributed by atoms with Gasteiger partial charge in [-0.1, -0.05) is 18.2 Å². The van der Waals surface area contributed by atoms with Gasteiger partial charge in [0, 0.05) is 38.9 Å². The monoisotopic (exact) mass is 396 g/mol. The molecule has 0 spiro atoms. The molecule has 154 valence electrons. The molecule has 3 heterocycles. The third-order valence-corrected chi connectivity index (χ3v) is 5.43. The van der Waals surface area contributed by atoms with Gasteiger partial charge in [0.1, 0.15) is 12.4 Å². The van der Waals surface area contributed by atoms with Gasteiger partial charge in [0.05, 0.1) is 13.1 Å². The number of carbonyl (C=O) groups excluding carboxylic acids is 1. The standard InChI is InChI=1S/C22H28N4O3/c1-2-25(15-18-17-28-19-7-3-4-8-20(19)29-18)22(27)16-24-11-13-26(14-12-24)21-9-5-6-10-23-21/h3-10,18H,2,11-17H2,1H3/t18-/m1/s1. The largest absolute Gasteiger partial charge is 0.486 e. The molecule has 1 saturated heterocycles. The van der Waals surface area contributed by atoms with E-state index in [9.17, 15) is 4.79 Å². The Hall–Kier alpha value is -2.80. The Labute approximate surface area is 171 Å². The molecule has 7 nitrogen and oxygen atoms in total. The lowest BCUT2D eigenvalue weighted by Crippen LogP contribution is -2.51. The molecule has 0 saturated carbocycles. The van der Waals surface area contributed by atoms with Gasteiger partial charge in [-0.05, 0) is 31.2 Å². The van der Waals surface area contributed by atoms with Crippen molar-refractivity contribution in [2.45, 2.75) is 13.0 Å². The van der Waals surface area contributed by atoms with Crippen molar-refractivity contribution in [3.8, 4) is 11.5 Å². The highest BCUT2D eigenvalue weighted by atomic mass is 16.6. The zero-order chi connectivity index (χ0) is 20.1. The van der Waals surface area contributed by atoms with Gasteiger partial charge in [0.15, 0.2) is 17.6 Å². The fourth-order valence-corrected chi connectivity index (χ4v) is 3.77. The molecule has 0 unspecified atom stereocenters. The minimum absolute atomic E-state index is 0.140. The lowest BCUT2D eigenvalue weighted by molar-refractivity contribution is -0.133. The molecule has 29 heavy (non-hydrogen) atoms. The van der Waals surface area contributed by atoms with Crippen molar-refractivity contribution < 1.29 is 14.3 Å². The Balaban J connectivity index is 1.26. The molecular formula is C22H28N4O3. The van der Waals surface area contributed by atoms with Crippen LogP contribution in [-0.2, 0) is 4.79 Å². The number of aromatic nitrogens is 1. The molecule has 0 radical (unpaired) electrons. The van der Waals surface area contributed by atoms with E-state index in [1.807, 2.05) is 60.5 Å². The lowest BCUT2D eigenvalue weighted by atomic mass is 10.2. The molecule has 0 N–H and O–H groups in total. The van der Waals surface area contributed by atoms with Gasteiger partial charge in [-0.2, -0.15) is 0 Å². The number of hydrogen-bond acceptors (Lipinski definition) is 6. The number of pyridine rings is 1. The highest BCUT2D eigenvalue weighted by Crippen LogP contribution is 2.31. The van der Waals surface area contributed by atoms with Crippen LogP contribution in [0, 0.1) is 0 Å². The number of likely N-dealkylation sites (N-methyl/N-ethyl adjacent to an activating group) is 1. The van der Waals surface area contributed by atoms with Gasteiger partial charge in [-0.3, -0.25) is 9.69 Å². The summed E-state index contributed by atoms with van der Waals surface area (Å²) in [6.07, 6.45) is 1.68. The molecule has 0 bridgehead atoms. The zero-order valence-electron chi connectivity index (χ0n) is 16.9. The third kappa shape index (κ3) is 4.79. The summed E-state index contributed by atoms with van der Waals surface area (Å²) in [5, 5.41) is 0. The Morgan fingerprint density at radius 1 is 1.10 bits per heavy atom. The fourth-order valence-electron chi connectivity index (χ4n) is 3.77. The molecule has 2 aliphatic heterocycles. The number of amides is 1. The van der Waals surface area contributed by atoms with E-state index in [1.165, 1.54) is 0 Å². The molecule has 1 amide bonds. The fraction of sp³-hybridized carbons (Fsp3) is 0.455. The summed E-state index contributed by atoms with van der Waals surface area (Å²) >= 11 is 0. The van der Waals surface area contributed by atoms with E-state index in [-0.39, 0.29) is 12.0 Å². The second-order valence-electron chi connectivity index (χ2n) is 7.38. The first-order chi connectivity index (χ1) is 14.2. The molecule has 1 aromatic carbocycles. The summed E-state index contributed by atoms with van der Waals surface area (Å²) in [4.78, 5) is 23.6. The van der Waals surface area contributed by atoms with Crippen molar-refractivity contribution in [3.05, 3.63) is 48.7 Å². The zero-order valence-corrected chi connectivity index (χ0v) is 16.9. The molecular weight excluding hydrogens is 368 g/mol. The molecule has 1 fully saturated rings. The molecule has 0 aliphatic carbocycles. The molecule has 2 aliphatic rings. The van der Waals surface area contributed by atoms with E-state index in [0.717, 1.165) is 43.5 Å². The summed E-state index contributed by atoms with van der Waals surface area (Å²) in [6, 6.07) is 13.6. The number of fused-ring (bicyclic) bond motifs is 1. The number of ether oxygens (including phenoxy) is 2. The van der Waals surface area contributed by atoms with Crippen molar-refractivity contribution in [1.29, 1.82) is 0 Å². The normalized spacial score (nSPS) is 19.1. The summed E-state index contributed by atoms with van der Waals surface area (Å²) in [6.45, 7) is 7.59. The minimum atomic E-state index is -0.144. The number of para-hydroxylation sites is 2. The van der Waals surface area contributed by atoms with E-state index in [2.05, 4.69) is 14.8 Å². The number of carbonyl (C=O) groups is 1. The molecule has 1 aromatic heterocycles. The van der Waals surface area contributed by atoms with Crippen LogP contribution in [0.5, 0.6) is 11.5 Å². The summed E-state index contributed by atoms with van der Waals surface area (Å²) in [5.41, 5.74) is 0. The summed E-state index contributed by atoms with van der Waals surface area (Å²) in [7, 11) is 0. The molecule has 2 aromatic rings. The summed E-state index contributed by atoms with van der Waals surface area (Å²) in [5.74, 6) is 2.66. The smallest absolute Gasteiger partial charge is 0.236 e. The van der Waals surface area contributed by atoms with E-state index in [0.29, 0.717) is 26.2 Å². The quantitative estimate of drug-likeness (QED) is 0.743. The van der Waals surface area contributed by atoms with Crippen LogP contribution in [0.1, 0.15) is 6.92 Å². The van der Waals surface area contributed by atoms with Crippen molar-refractivity contribution in [1.82, 2.24) is 14.8 Å². The van der Waals surface area contributed by atoms with Crippen molar-refractivity contribution >= 4 is 11.7 Å². The van der Waals surface area contributed by atoms with Crippen LogP contribution in [0.4, 0.5) is 5.82 Å². The topological polar surface area (TPSA) is 58.1 Å². The van der Waals surface area contributed by atoms with Gasteiger partial charge in [0.2, 0.25) is 5.91 Å². The van der Waals surface area contributed by atoms with Crippen molar-refractivity contribution in [2.75, 3.05) is 57.3 Å². The van der Waals surface area contributed by atoms with Crippen molar-refractivity contribution in [2.24, 2.45) is 0 Å². The lowest BCUT2D eigenvalue weighted by Gasteiger charge is -2.36. The molecule has 4 rings (SSSR count). The second kappa shape index (κ2) is 9.13. The summed E-state index contributed by atoms with van der Waals surface area (Å²) < 4.78 is 11.8. The van der Waals surface area contributed by atoms with Crippen LogP contribution < -0.4 is 14.4 Å². The minimum Gasteiger partial charge on any atom is -0.486 e. The maximum absolute atomic E-state index is 12.9. The van der Waals surface area contributed by atoms with Crippen LogP contribution in [0.15, 0.2) is 48.7 Å². The van der Waals surface area contributed by atoms with Gasteiger partial charge >= 0.3 is 0 Å². The highest BCUT2D eigenvalue weighted by molar-refractivity contribution is 5.78. The Morgan fingerprint density at radius 2 is 1.86 bits per heavy atom. The first kappa shape index (κ1) is 19.5. The van der Waals surface area contributed by atoms with E-state index in [1.54, 1.807) is 0 Å². The maximum Gasteiger partial charge on any atom is 0.236 e. The average molecular weight is 396 g/mol. The van der Waals surface area contributed by atoms with Gasteiger partial charge in [0.25, 0.3) is 0 Å². The number of nitrogens with zero attached hydrogens (tertiary/aromatic N) is 4. The van der Waals surface area contributed by atoms with Gasteiger partial charge in [-0.25, -0.2) is 4.98 Å². The number of piperazine rings is 1. The number of hydrogen-bond donors (Lipinski definition) is 0. The first-order valence-electron chi connectivity index (χ1n) is 10.3. The molecule has 1 atom stereocenters. The van der Waals surface area contributed by atoms with Crippen LogP contribution >= 0.6 is 0 Å². The van der Waals surface area contributed by atoms with Crippen LogP contribution in [-0.4, -0.2) is 79.2 Å². The Morgan fingerprint density at radius 3 is 2.59 bits per heavy atom. The van der Waals surface area contributed by atoms with Crippen LogP contribution in [0.25, 0.3) is 0 Å². The number of benzene rings is 1. The average Bonchev–Trinajstić information content (AvgIpc) is 2.78. The second-order valence-corrected chi connectivity index (χ2v) is 7.38. The first-order valence-corrected chi connectivity index (χ1v) is 10.3. The SMILES string of the molecule is CCN(C[C@@H]1COc2ccccc2O1)C(=O)CN1CCN(c2ccccn2)CC1. The van der Waals surface area contributed by atoms with Crippen molar-refractivity contribution in [3.63, 3.8) is 0 Å². The van der Waals surface area contributed by atoms with E-state index >= 15 is 0 Å². The van der Waals surface area contributed by atoms with E-state index < -0.39 is 0 Å². The van der Waals surface area contributed by atoms with Gasteiger partial charge < -0.3 is 19.3 Å². The van der Waals surface area contributed by atoms with Gasteiger partial charge in [-0.15, -0.1) is 0 Å². The Kier molecular flexibility index (Phi) is 6.14. The highest BCUT2D eigenvalue weighted by Gasteiger charge is 2.26. The predicted octanol–water partition coefficient (Wildman–Crippen LogP) is 1.89. The molecule has 7 heteroatoms. The Bertz CT molecular complexity index is 809. The number of anilines is 1. The maximum atomic E-state index is 12.9. The third-order valence-electron chi connectivity index (χ3n) is 5.43. The van der Waals surface area contributed by atoms with Crippen LogP contribution in [0.3, 0.4) is 0 Å². The van der Waals surface area contributed by atoms with E-state index in [4.69, 9.17) is 9.47 Å². The number of rotatable bonds is 6.